The number of nitrogens with zero attached hydrogens (tertiary/aromatic N) is 2. The SMILES string of the molecule is CC(C)(C)OC(=O)NC1CCC([C@@H]2c3c(NCCCCN(C(=O)OC(C)(C)C)C(=O)OC(C)(C)C)cccc3C(=O)N2[C@@H]2CCC(=O)NC2=O)CC1. The van der Waals surface area contributed by atoms with E-state index in [9.17, 15) is 28.8 Å². The number of piperidine rings is 1. The predicted octanol–water partition coefficient (Wildman–Crippen LogP) is 6.44. The van der Waals surface area contributed by atoms with Crippen molar-refractivity contribution in [3.05, 3.63) is 29.3 Å². The number of unbranched alkanes of at least 4 members (excludes halogenated alkanes) is 1. The van der Waals surface area contributed by atoms with Crippen molar-refractivity contribution >= 4 is 41.7 Å². The van der Waals surface area contributed by atoms with Gasteiger partial charge in [-0.25, -0.2) is 19.3 Å². The molecule has 0 unspecified atom stereocenters. The molecule has 0 aromatic heterocycles. The molecule has 2 atom stereocenters. The minimum absolute atomic E-state index is 0.00789. The van der Waals surface area contributed by atoms with Gasteiger partial charge in [0.1, 0.15) is 22.8 Å². The Labute approximate surface area is 307 Å². The molecule has 3 aliphatic rings. The molecule has 1 saturated heterocycles. The molecule has 1 aromatic carbocycles. The molecule has 1 saturated carbocycles. The lowest BCUT2D eigenvalue weighted by molar-refractivity contribution is -0.137. The lowest BCUT2D eigenvalue weighted by atomic mass is 9.78. The number of carbonyl (C=O) groups is 6. The smallest absolute Gasteiger partial charge is 0.419 e. The Morgan fingerprint density at radius 2 is 1.42 bits per heavy atom. The molecule has 2 fully saturated rings. The summed E-state index contributed by atoms with van der Waals surface area (Å²) in [7, 11) is 0. The number of hydrogen-bond acceptors (Lipinski definition) is 10. The molecule has 0 spiro atoms. The molecular weight excluding hydrogens is 670 g/mol. The lowest BCUT2D eigenvalue weighted by Crippen LogP contribution is -2.54. The van der Waals surface area contributed by atoms with E-state index in [0.29, 0.717) is 50.6 Å². The van der Waals surface area contributed by atoms with E-state index < -0.39 is 53.1 Å². The van der Waals surface area contributed by atoms with Crippen LogP contribution < -0.4 is 16.0 Å². The quantitative estimate of drug-likeness (QED) is 0.146. The summed E-state index contributed by atoms with van der Waals surface area (Å²) in [6.45, 7) is 16.4. The van der Waals surface area contributed by atoms with Gasteiger partial charge in [0.2, 0.25) is 11.8 Å². The zero-order valence-corrected chi connectivity index (χ0v) is 32.2. The Morgan fingerprint density at radius 1 is 0.827 bits per heavy atom. The van der Waals surface area contributed by atoms with Crippen LogP contribution in [0.1, 0.15) is 136 Å². The Kier molecular flexibility index (Phi) is 12.5. The van der Waals surface area contributed by atoms with Crippen molar-refractivity contribution < 1.29 is 43.0 Å². The maximum absolute atomic E-state index is 14.1. The van der Waals surface area contributed by atoms with Crippen LogP contribution in [0.3, 0.4) is 0 Å². The molecule has 0 bridgehead atoms. The number of amides is 6. The van der Waals surface area contributed by atoms with Gasteiger partial charge in [-0.15, -0.1) is 0 Å². The first-order valence-electron chi connectivity index (χ1n) is 18.4. The number of carbonyl (C=O) groups excluding carboxylic acids is 6. The number of ether oxygens (including phenoxy) is 3. The fourth-order valence-corrected chi connectivity index (χ4v) is 6.94. The molecule has 1 aromatic rings. The third kappa shape index (κ3) is 10.8. The van der Waals surface area contributed by atoms with Crippen molar-refractivity contribution in [1.82, 2.24) is 20.4 Å². The van der Waals surface area contributed by atoms with Crippen molar-refractivity contribution in [1.29, 1.82) is 0 Å². The van der Waals surface area contributed by atoms with Crippen LogP contribution in [0.15, 0.2) is 18.2 Å². The van der Waals surface area contributed by atoms with Crippen LogP contribution in [0, 0.1) is 5.92 Å². The second-order valence-electron chi connectivity index (χ2n) is 16.9. The summed E-state index contributed by atoms with van der Waals surface area (Å²) in [6, 6.07) is 4.19. The van der Waals surface area contributed by atoms with E-state index in [0.717, 1.165) is 16.2 Å². The van der Waals surface area contributed by atoms with Crippen LogP contribution >= 0.6 is 0 Å². The van der Waals surface area contributed by atoms with Gasteiger partial charge in [0.25, 0.3) is 5.91 Å². The van der Waals surface area contributed by atoms with Gasteiger partial charge in [-0.05, 0) is 125 Å². The summed E-state index contributed by atoms with van der Waals surface area (Å²) in [5, 5.41) is 8.88. The molecular formula is C38H57N5O9. The minimum Gasteiger partial charge on any atom is -0.444 e. The lowest BCUT2D eigenvalue weighted by Gasteiger charge is -2.41. The molecule has 14 nitrogen and oxygen atoms in total. The van der Waals surface area contributed by atoms with Crippen LogP contribution in [-0.2, 0) is 23.8 Å². The first-order chi connectivity index (χ1) is 24.1. The van der Waals surface area contributed by atoms with Crippen molar-refractivity contribution in [2.24, 2.45) is 5.92 Å². The van der Waals surface area contributed by atoms with E-state index in [4.69, 9.17) is 14.2 Å². The van der Waals surface area contributed by atoms with Gasteiger partial charge in [0.05, 0.1) is 6.04 Å². The zero-order valence-electron chi connectivity index (χ0n) is 32.2. The summed E-state index contributed by atoms with van der Waals surface area (Å²) in [5.41, 5.74) is -0.126. The number of imide groups is 2. The van der Waals surface area contributed by atoms with Crippen molar-refractivity contribution in [2.75, 3.05) is 18.4 Å². The van der Waals surface area contributed by atoms with E-state index >= 15 is 0 Å². The Balaban J connectivity index is 1.50. The van der Waals surface area contributed by atoms with Gasteiger partial charge in [0, 0.05) is 42.4 Å². The highest BCUT2D eigenvalue weighted by atomic mass is 16.6. The van der Waals surface area contributed by atoms with Gasteiger partial charge in [-0.1, -0.05) is 6.07 Å². The third-order valence-electron chi connectivity index (χ3n) is 9.00. The fraction of sp³-hybridized carbons (Fsp3) is 0.684. The maximum atomic E-state index is 14.1. The zero-order chi connectivity index (χ0) is 38.6. The van der Waals surface area contributed by atoms with E-state index in [1.807, 2.05) is 26.8 Å². The number of alkyl carbamates (subject to hydrolysis) is 1. The molecule has 0 radical (unpaired) electrons. The highest BCUT2D eigenvalue weighted by Gasteiger charge is 2.49. The third-order valence-corrected chi connectivity index (χ3v) is 9.00. The standard InChI is InChI=1S/C38H57N5O9/c1-36(2,3)50-33(47)40-24-17-15-23(16-18-24)30-29-25(32(46)43(30)27-19-20-28(44)41-31(27)45)13-12-14-26(29)39-21-10-11-22-42(34(48)51-37(4,5)6)35(49)52-38(7,8)9/h12-14,23-24,27,30,39H,10-11,15-22H2,1-9H3,(H,40,47)(H,41,44,45)/t23?,24?,27-,30-/m1/s1. The average Bonchev–Trinajstić information content (AvgIpc) is 3.29. The number of anilines is 1. The van der Waals surface area contributed by atoms with Crippen LogP contribution in [0.5, 0.6) is 0 Å². The van der Waals surface area contributed by atoms with Crippen LogP contribution in [-0.4, -0.2) is 87.8 Å². The Hall–Kier alpha value is -4.36. The molecule has 52 heavy (non-hydrogen) atoms. The summed E-state index contributed by atoms with van der Waals surface area (Å²) in [6.07, 6.45) is 2.14. The van der Waals surface area contributed by atoms with E-state index in [2.05, 4.69) is 16.0 Å². The number of fused-ring (bicyclic) bond motifs is 1. The molecule has 4 rings (SSSR count). The van der Waals surface area contributed by atoms with Crippen LogP contribution in [0.4, 0.5) is 20.1 Å². The Bertz CT molecular complexity index is 1490. The molecule has 14 heteroatoms. The topological polar surface area (TPSA) is 173 Å². The van der Waals surface area contributed by atoms with Gasteiger partial charge in [-0.3, -0.25) is 19.7 Å². The van der Waals surface area contributed by atoms with Crippen LogP contribution in [0.2, 0.25) is 0 Å². The summed E-state index contributed by atoms with van der Waals surface area (Å²) < 4.78 is 16.4. The number of benzene rings is 1. The molecule has 6 amide bonds. The minimum atomic E-state index is -0.796. The highest BCUT2D eigenvalue weighted by molar-refractivity contribution is 6.06. The second-order valence-corrected chi connectivity index (χ2v) is 16.9. The van der Waals surface area contributed by atoms with E-state index in [-0.39, 0.29) is 43.2 Å². The normalized spacial score (nSPS) is 22.2. The molecule has 2 heterocycles. The fourth-order valence-electron chi connectivity index (χ4n) is 6.94. The van der Waals surface area contributed by atoms with Gasteiger partial charge < -0.3 is 29.7 Å². The average molecular weight is 728 g/mol. The number of hydrogen-bond donors (Lipinski definition) is 3. The van der Waals surface area contributed by atoms with Crippen LogP contribution in [0.25, 0.3) is 0 Å². The highest BCUT2D eigenvalue weighted by Crippen LogP contribution is 2.48. The summed E-state index contributed by atoms with van der Waals surface area (Å²) in [4.78, 5) is 80.3. The predicted molar refractivity (Wildman–Crippen MR) is 194 cm³/mol. The van der Waals surface area contributed by atoms with Crippen molar-refractivity contribution in [2.45, 2.75) is 149 Å². The molecule has 2 aliphatic heterocycles. The largest absolute Gasteiger partial charge is 0.444 e. The van der Waals surface area contributed by atoms with Gasteiger partial charge in [-0.2, -0.15) is 0 Å². The first kappa shape index (κ1) is 40.4. The van der Waals surface area contributed by atoms with E-state index in [1.165, 1.54) is 0 Å². The number of rotatable bonds is 9. The Morgan fingerprint density at radius 3 is 1.98 bits per heavy atom. The summed E-state index contributed by atoms with van der Waals surface area (Å²) >= 11 is 0. The van der Waals surface area contributed by atoms with Crippen molar-refractivity contribution in [3.63, 3.8) is 0 Å². The first-order valence-corrected chi connectivity index (χ1v) is 18.4. The van der Waals surface area contributed by atoms with Gasteiger partial charge >= 0.3 is 18.3 Å². The second kappa shape index (κ2) is 16.1. The molecule has 3 N–H and O–H groups in total. The molecule has 1 aliphatic carbocycles. The maximum Gasteiger partial charge on any atom is 0.419 e. The molecule has 288 valence electrons. The summed E-state index contributed by atoms with van der Waals surface area (Å²) in [5.74, 6) is -1.09. The van der Waals surface area contributed by atoms with E-state index in [1.54, 1.807) is 58.6 Å². The van der Waals surface area contributed by atoms with Crippen molar-refractivity contribution in [3.8, 4) is 0 Å². The monoisotopic (exact) mass is 727 g/mol. The number of nitrogens with one attached hydrogen (secondary N) is 3. The van der Waals surface area contributed by atoms with Gasteiger partial charge in [0.15, 0.2) is 0 Å².